The van der Waals surface area contributed by atoms with Gasteiger partial charge in [0.1, 0.15) is 0 Å². The summed E-state index contributed by atoms with van der Waals surface area (Å²) in [5, 5.41) is 3.31. The number of benzene rings is 1. The molecule has 1 saturated carbocycles. The summed E-state index contributed by atoms with van der Waals surface area (Å²) in [5.74, 6) is 0.468. The maximum absolute atomic E-state index is 12.0. The van der Waals surface area contributed by atoms with Gasteiger partial charge in [0.15, 0.2) is 19.7 Å². The average molecular weight is 345 g/mol. The minimum atomic E-state index is -3.51. The fraction of sp³-hybridized carbons (Fsp3) is 0.600. The molecule has 0 aliphatic heterocycles. The molecule has 1 N–H and O–H groups in total. The Kier molecular flexibility index (Phi) is 4.87. The van der Waals surface area contributed by atoms with Crippen molar-refractivity contribution >= 4 is 25.4 Å². The molecular formula is C15H23NO4S2. The van der Waals surface area contributed by atoms with Crippen molar-refractivity contribution in [3.05, 3.63) is 18.2 Å². The number of rotatable bonds is 4. The third kappa shape index (κ3) is 4.01. The lowest BCUT2D eigenvalue weighted by atomic mass is 9.86. The van der Waals surface area contributed by atoms with Gasteiger partial charge in [0.25, 0.3) is 0 Å². The smallest absolute Gasteiger partial charge is 0.177 e. The number of nitrogens with one attached hydrogen (secondary N) is 1. The molecule has 7 heteroatoms. The highest BCUT2D eigenvalue weighted by Crippen LogP contribution is 2.31. The first-order chi connectivity index (χ1) is 10.1. The van der Waals surface area contributed by atoms with Crippen LogP contribution < -0.4 is 5.32 Å². The predicted molar refractivity (Wildman–Crippen MR) is 87.7 cm³/mol. The zero-order valence-corrected chi connectivity index (χ0v) is 14.8. The van der Waals surface area contributed by atoms with E-state index in [4.69, 9.17) is 0 Å². The Morgan fingerprint density at radius 1 is 1.00 bits per heavy atom. The van der Waals surface area contributed by atoms with Gasteiger partial charge in [0.2, 0.25) is 0 Å². The fourth-order valence-corrected chi connectivity index (χ4v) is 4.48. The van der Waals surface area contributed by atoms with Crippen LogP contribution in [0.1, 0.15) is 32.6 Å². The van der Waals surface area contributed by atoms with Gasteiger partial charge in [-0.2, -0.15) is 0 Å². The molecule has 0 aromatic heterocycles. The van der Waals surface area contributed by atoms with Gasteiger partial charge in [0, 0.05) is 18.6 Å². The van der Waals surface area contributed by atoms with Crippen LogP contribution in [0.15, 0.2) is 28.0 Å². The van der Waals surface area contributed by atoms with E-state index in [1.807, 2.05) is 0 Å². The lowest BCUT2D eigenvalue weighted by Crippen LogP contribution is -2.30. The summed E-state index contributed by atoms with van der Waals surface area (Å²) in [7, 11) is -6.95. The van der Waals surface area contributed by atoms with Crippen molar-refractivity contribution in [2.24, 2.45) is 5.92 Å². The molecule has 0 amide bonds. The molecule has 1 aliphatic rings. The minimum absolute atomic E-state index is 0.0233. The van der Waals surface area contributed by atoms with E-state index in [1.165, 1.54) is 18.6 Å². The quantitative estimate of drug-likeness (QED) is 0.907. The van der Waals surface area contributed by atoms with Crippen LogP contribution >= 0.6 is 0 Å². The molecule has 0 unspecified atom stereocenters. The Bertz CT molecular complexity index is 754. The van der Waals surface area contributed by atoms with Crippen LogP contribution in [0.2, 0.25) is 0 Å². The lowest BCUT2D eigenvalue weighted by Gasteiger charge is -2.31. The summed E-state index contributed by atoms with van der Waals surface area (Å²) in [6, 6.07) is 4.49. The molecule has 1 aromatic carbocycles. The number of sulfone groups is 2. The average Bonchev–Trinajstić information content (AvgIpc) is 2.39. The van der Waals surface area contributed by atoms with Crippen molar-refractivity contribution in [2.45, 2.75) is 48.4 Å². The molecule has 0 radical (unpaired) electrons. The van der Waals surface area contributed by atoms with Crippen molar-refractivity contribution in [1.82, 2.24) is 0 Å². The van der Waals surface area contributed by atoms with Gasteiger partial charge >= 0.3 is 0 Å². The SMILES string of the molecule is C[C@@H]1CCCC[C@@H]1Nc1ccc(S(C)(=O)=O)cc1S(C)(=O)=O. The highest BCUT2D eigenvalue weighted by molar-refractivity contribution is 7.91. The maximum atomic E-state index is 12.0. The van der Waals surface area contributed by atoms with Crippen molar-refractivity contribution < 1.29 is 16.8 Å². The molecular weight excluding hydrogens is 322 g/mol. The molecule has 2 atom stereocenters. The van der Waals surface area contributed by atoms with E-state index < -0.39 is 19.7 Å². The van der Waals surface area contributed by atoms with Crippen LogP contribution in [0.3, 0.4) is 0 Å². The molecule has 0 spiro atoms. The molecule has 0 heterocycles. The zero-order valence-electron chi connectivity index (χ0n) is 13.2. The second-order valence-electron chi connectivity index (χ2n) is 6.21. The monoisotopic (exact) mass is 345 g/mol. The van der Waals surface area contributed by atoms with Crippen LogP contribution in [0.5, 0.6) is 0 Å². The Morgan fingerprint density at radius 2 is 1.64 bits per heavy atom. The molecule has 1 aliphatic carbocycles. The van der Waals surface area contributed by atoms with E-state index in [0.717, 1.165) is 31.8 Å². The lowest BCUT2D eigenvalue weighted by molar-refractivity contribution is 0.349. The fourth-order valence-electron chi connectivity index (χ4n) is 2.89. The van der Waals surface area contributed by atoms with E-state index in [-0.39, 0.29) is 15.8 Å². The molecule has 2 rings (SSSR count). The van der Waals surface area contributed by atoms with Gasteiger partial charge in [0.05, 0.1) is 15.5 Å². The molecule has 124 valence electrons. The van der Waals surface area contributed by atoms with Crippen molar-refractivity contribution in [2.75, 3.05) is 17.8 Å². The standard InChI is InChI=1S/C15H23NO4S2/c1-11-6-4-5-7-13(11)16-14-9-8-12(21(2,17)18)10-15(14)22(3,19)20/h8-11,13,16H,4-7H2,1-3H3/t11-,13+/m1/s1. The number of hydrogen-bond donors (Lipinski definition) is 1. The van der Waals surface area contributed by atoms with Crippen molar-refractivity contribution in [3.63, 3.8) is 0 Å². The van der Waals surface area contributed by atoms with Crippen molar-refractivity contribution in [3.8, 4) is 0 Å². The van der Waals surface area contributed by atoms with Gasteiger partial charge in [-0.25, -0.2) is 16.8 Å². The third-order valence-corrected chi connectivity index (χ3v) is 6.48. The van der Waals surface area contributed by atoms with Gasteiger partial charge < -0.3 is 5.32 Å². The van der Waals surface area contributed by atoms with E-state index in [0.29, 0.717) is 11.6 Å². The van der Waals surface area contributed by atoms with E-state index in [9.17, 15) is 16.8 Å². The van der Waals surface area contributed by atoms with Crippen LogP contribution in [0.4, 0.5) is 5.69 Å². The van der Waals surface area contributed by atoms with Gasteiger partial charge in [-0.3, -0.25) is 0 Å². The molecule has 0 saturated heterocycles. The van der Waals surface area contributed by atoms with Crippen LogP contribution in [-0.2, 0) is 19.7 Å². The number of anilines is 1. The molecule has 5 nitrogen and oxygen atoms in total. The van der Waals surface area contributed by atoms with Crippen LogP contribution in [0, 0.1) is 5.92 Å². The summed E-state index contributed by atoms with van der Waals surface area (Å²) < 4.78 is 47.3. The van der Waals surface area contributed by atoms with E-state index in [2.05, 4.69) is 12.2 Å². The Balaban J connectivity index is 2.43. The first-order valence-corrected chi connectivity index (χ1v) is 11.2. The second kappa shape index (κ2) is 6.20. The summed E-state index contributed by atoms with van der Waals surface area (Å²) in [4.78, 5) is 0.0726. The van der Waals surface area contributed by atoms with Crippen LogP contribution in [0.25, 0.3) is 0 Å². The first-order valence-electron chi connectivity index (χ1n) is 7.40. The first kappa shape index (κ1) is 17.3. The summed E-state index contributed by atoms with van der Waals surface area (Å²) in [6.07, 6.45) is 6.61. The highest BCUT2D eigenvalue weighted by atomic mass is 32.2. The van der Waals surface area contributed by atoms with E-state index in [1.54, 1.807) is 6.07 Å². The predicted octanol–water partition coefficient (Wildman–Crippen LogP) is 2.48. The second-order valence-corrected chi connectivity index (χ2v) is 10.2. The number of hydrogen-bond acceptors (Lipinski definition) is 5. The minimum Gasteiger partial charge on any atom is -0.381 e. The van der Waals surface area contributed by atoms with E-state index >= 15 is 0 Å². The molecule has 0 bridgehead atoms. The third-order valence-electron chi connectivity index (χ3n) is 4.23. The van der Waals surface area contributed by atoms with Crippen molar-refractivity contribution in [1.29, 1.82) is 0 Å². The zero-order chi connectivity index (χ0) is 16.5. The van der Waals surface area contributed by atoms with Gasteiger partial charge in [-0.05, 0) is 37.0 Å². The summed E-state index contributed by atoms with van der Waals surface area (Å²) in [6.45, 7) is 2.15. The van der Waals surface area contributed by atoms with Gasteiger partial charge in [-0.1, -0.05) is 19.8 Å². The van der Waals surface area contributed by atoms with Gasteiger partial charge in [-0.15, -0.1) is 0 Å². The Morgan fingerprint density at radius 3 is 2.18 bits per heavy atom. The maximum Gasteiger partial charge on any atom is 0.177 e. The van der Waals surface area contributed by atoms with Crippen LogP contribution in [-0.4, -0.2) is 35.4 Å². The molecule has 22 heavy (non-hydrogen) atoms. The molecule has 1 aromatic rings. The largest absolute Gasteiger partial charge is 0.381 e. The topological polar surface area (TPSA) is 80.3 Å². The Hall–Kier alpha value is -1.08. The Labute approximate surface area is 133 Å². The summed E-state index contributed by atoms with van der Waals surface area (Å²) >= 11 is 0. The highest BCUT2D eigenvalue weighted by Gasteiger charge is 2.24. The molecule has 1 fully saturated rings. The normalized spacial score (nSPS) is 23.2. The summed E-state index contributed by atoms with van der Waals surface area (Å²) in [5.41, 5.74) is 0.494.